The average molecular weight is 265 g/mol. The zero-order valence-electron chi connectivity index (χ0n) is 10.6. The van der Waals surface area contributed by atoms with Gasteiger partial charge in [0.25, 0.3) is 0 Å². The highest BCUT2D eigenvalue weighted by molar-refractivity contribution is 5.93. The minimum absolute atomic E-state index is 0.00474. The molecule has 0 aliphatic carbocycles. The Kier molecular flexibility index (Phi) is 3.99. The van der Waals surface area contributed by atoms with Crippen LogP contribution in [0.4, 0.5) is 14.9 Å². The Morgan fingerprint density at radius 3 is 2.89 bits per heavy atom. The molecule has 1 aliphatic rings. The standard InChI is InChI=1S/C13H16FN3O2/c1-9-8-17(7-6-11(9)16-19)13(18)15-12-5-3-2-4-10(12)14/h2-5,9,19H,6-8H2,1H3,(H,15,18)/b16-11+. The third-order valence-corrected chi connectivity index (χ3v) is 3.23. The molecule has 0 saturated carbocycles. The Bertz CT molecular complexity index is 504. The molecule has 1 atom stereocenters. The van der Waals surface area contributed by atoms with Gasteiger partial charge in [-0.2, -0.15) is 0 Å². The van der Waals surface area contributed by atoms with Crippen LogP contribution < -0.4 is 5.32 Å². The van der Waals surface area contributed by atoms with E-state index in [-0.39, 0.29) is 17.6 Å². The number of nitrogens with one attached hydrogen (secondary N) is 1. The van der Waals surface area contributed by atoms with Crippen molar-refractivity contribution in [3.05, 3.63) is 30.1 Å². The van der Waals surface area contributed by atoms with E-state index in [4.69, 9.17) is 5.21 Å². The molecule has 2 N–H and O–H groups in total. The van der Waals surface area contributed by atoms with Gasteiger partial charge in [0.1, 0.15) is 5.82 Å². The number of urea groups is 1. The van der Waals surface area contributed by atoms with Crippen molar-refractivity contribution in [3.63, 3.8) is 0 Å². The monoisotopic (exact) mass is 265 g/mol. The number of oxime groups is 1. The van der Waals surface area contributed by atoms with Crippen molar-refractivity contribution in [2.45, 2.75) is 13.3 Å². The average Bonchev–Trinajstić information content (AvgIpc) is 2.41. The molecule has 1 aliphatic heterocycles. The van der Waals surface area contributed by atoms with Gasteiger partial charge in [-0.3, -0.25) is 0 Å². The molecule has 1 fully saturated rings. The number of hydrogen-bond acceptors (Lipinski definition) is 3. The van der Waals surface area contributed by atoms with Crippen LogP contribution >= 0.6 is 0 Å². The summed E-state index contributed by atoms with van der Waals surface area (Å²) in [5, 5.41) is 14.5. The lowest BCUT2D eigenvalue weighted by atomic mass is 9.98. The second-order valence-electron chi connectivity index (χ2n) is 4.60. The summed E-state index contributed by atoms with van der Waals surface area (Å²) in [4.78, 5) is 13.6. The topological polar surface area (TPSA) is 64.9 Å². The number of amides is 2. The Morgan fingerprint density at radius 2 is 2.26 bits per heavy atom. The van der Waals surface area contributed by atoms with Crippen LogP contribution in [-0.4, -0.2) is 34.9 Å². The summed E-state index contributed by atoms with van der Waals surface area (Å²) in [5.41, 5.74) is 0.858. The third-order valence-electron chi connectivity index (χ3n) is 3.23. The SMILES string of the molecule is CC1CN(C(=O)Nc2ccccc2F)CC/C1=N\O. The van der Waals surface area contributed by atoms with E-state index in [0.717, 1.165) is 0 Å². The minimum Gasteiger partial charge on any atom is -0.411 e. The van der Waals surface area contributed by atoms with Crippen LogP contribution in [0.3, 0.4) is 0 Å². The number of hydrogen-bond donors (Lipinski definition) is 2. The lowest BCUT2D eigenvalue weighted by Crippen LogP contribution is -2.45. The smallest absolute Gasteiger partial charge is 0.321 e. The van der Waals surface area contributed by atoms with Crippen molar-refractivity contribution in [2.24, 2.45) is 11.1 Å². The van der Waals surface area contributed by atoms with Crippen molar-refractivity contribution in [1.82, 2.24) is 4.90 Å². The maximum atomic E-state index is 13.4. The summed E-state index contributed by atoms with van der Waals surface area (Å²) < 4.78 is 13.4. The molecular weight excluding hydrogens is 249 g/mol. The van der Waals surface area contributed by atoms with Gasteiger partial charge in [-0.05, 0) is 12.1 Å². The molecule has 0 spiro atoms. The second-order valence-corrected chi connectivity index (χ2v) is 4.60. The fraction of sp³-hybridized carbons (Fsp3) is 0.385. The Balaban J connectivity index is 2.00. The van der Waals surface area contributed by atoms with E-state index < -0.39 is 5.82 Å². The predicted molar refractivity (Wildman–Crippen MR) is 70.0 cm³/mol. The number of benzene rings is 1. The predicted octanol–water partition coefficient (Wildman–Crippen LogP) is 2.53. The first-order chi connectivity index (χ1) is 9.11. The summed E-state index contributed by atoms with van der Waals surface area (Å²) in [6.45, 7) is 2.81. The summed E-state index contributed by atoms with van der Waals surface area (Å²) in [6, 6.07) is 5.70. The highest BCUT2D eigenvalue weighted by Crippen LogP contribution is 2.17. The molecule has 102 valence electrons. The zero-order valence-corrected chi connectivity index (χ0v) is 10.6. The van der Waals surface area contributed by atoms with Crippen molar-refractivity contribution < 1.29 is 14.4 Å². The molecule has 6 heteroatoms. The van der Waals surface area contributed by atoms with Crippen molar-refractivity contribution in [2.75, 3.05) is 18.4 Å². The molecule has 1 heterocycles. The van der Waals surface area contributed by atoms with E-state index in [1.165, 1.54) is 12.1 Å². The summed E-state index contributed by atoms with van der Waals surface area (Å²) in [7, 11) is 0. The Labute approximate surface area is 110 Å². The van der Waals surface area contributed by atoms with Crippen LogP contribution in [0.2, 0.25) is 0 Å². The Hall–Kier alpha value is -2.11. The molecule has 1 aromatic carbocycles. The zero-order chi connectivity index (χ0) is 13.8. The number of anilines is 1. The largest absolute Gasteiger partial charge is 0.411 e. The lowest BCUT2D eigenvalue weighted by molar-refractivity contribution is 0.203. The first-order valence-corrected chi connectivity index (χ1v) is 6.13. The van der Waals surface area contributed by atoms with Gasteiger partial charge in [0.15, 0.2) is 0 Å². The first-order valence-electron chi connectivity index (χ1n) is 6.13. The fourth-order valence-corrected chi connectivity index (χ4v) is 2.11. The number of rotatable bonds is 1. The van der Waals surface area contributed by atoms with E-state index in [9.17, 15) is 9.18 Å². The molecule has 0 bridgehead atoms. The summed E-state index contributed by atoms with van der Waals surface area (Å²) in [5.74, 6) is -0.455. The number of nitrogens with zero attached hydrogens (tertiary/aromatic N) is 2. The molecule has 1 aromatic rings. The maximum absolute atomic E-state index is 13.4. The van der Waals surface area contributed by atoms with E-state index in [0.29, 0.717) is 25.2 Å². The van der Waals surface area contributed by atoms with Gasteiger partial charge in [-0.15, -0.1) is 0 Å². The molecule has 5 nitrogen and oxygen atoms in total. The summed E-state index contributed by atoms with van der Waals surface area (Å²) >= 11 is 0. The van der Waals surface area contributed by atoms with E-state index >= 15 is 0 Å². The normalized spacial score (nSPS) is 21.5. The molecule has 1 unspecified atom stereocenters. The van der Waals surface area contributed by atoms with Crippen molar-refractivity contribution in [3.8, 4) is 0 Å². The highest BCUT2D eigenvalue weighted by Gasteiger charge is 2.26. The number of halogens is 1. The van der Waals surface area contributed by atoms with Crippen LogP contribution in [0.25, 0.3) is 0 Å². The van der Waals surface area contributed by atoms with Crippen LogP contribution in [-0.2, 0) is 0 Å². The number of carbonyl (C=O) groups excluding carboxylic acids is 1. The van der Waals surface area contributed by atoms with Crippen LogP contribution in [0, 0.1) is 11.7 Å². The number of likely N-dealkylation sites (tertiary alicyclic amines) is 1. The van der Waals surface area contributed by atoms with Gasteiger partial charge in [0.05, 0.1) is 11.4 Å². The molecule has 0 aromatic heterocycles. The van der Waals surface area contributed by atoms with Crippen molar-refractivity contribution >= 4 is 17.4 Å². The third kappa shape index (κ3) is 3.01. The highest BCUT2D eigenvalue weighted by atomic mass is 19.1. The molecule has 19 heavy (non-hydrogen) atoms. The first kappa shape index (κ1) is 13.3. The quantitative estimate of drug-likeness (QED) is 0.605. The van der Waals surface area contributed by atoms with Crippen LogP contribution in [0.15, 0.2) is 29.4 Å². The molecule has 2 amide bonds. The molecular formula is C13H16FN3O2. The maximum Gasteiger partial charge on any atom is 0.321 e. The second kappa shape index (κ2) is 5.69. The number of carbonyl (C=O) groups is 1. The van der Waals surface area contributed by atoms with Gasteiger partial charge in [0.2, 0.25) is 0 Å². The van der Waals surface area contributed by atoms with Gasteiger partial charge >= 0.3 is 6.03 Å². The van der Waals surface area contributed by atoms with Gasteiger partial charge in [-0.1, -0.05) is 24.2 Å². The van der Waals surface area contributed by atoms with E-state index in [2.05, 4.69) is 10.5 Å². The fourth-order valence-electron chi connectivity index (χ4n) is 2.11. The molecule has 0 radical (unpaired) electrons. The van der Waals surface area contributed by atoms with E-state index in [1.54, 1.807) is 17.0 Å². The van der Waals surface area contributed by atoms with Crippen LogP contribution in [0.5, 0.6) is 0 Å². The molecule has 1 saturated heterocycles. The van der Waals surface area contributed by atoms with Crippen LogP contribution in [0.1, 0.15) is 13.3 Å². The van der Waals surface area contributed by atoms with Crippen molar-refractivity contribution in [1.29, 1.82) is 0 Å². The number of piperidine rings is 1. The van der Waals surface area contributed by atoms with E-state index in [1.807, 2.05) is 6.92 Å². The molecule has 2 rings (SSSR count). The lowest BCUT2D eigenvalue weighted by Gasteiger charge is -2.31. The van der Waals surface area contributed by atoms with Gasteiger partial charge in [0, 0.05) is 25.4 Å². The van der Waals surface area contributed by atoms with Gasteiger partial charge in [-0.25, -0.2) is 9.18 Å². The summed E-state index contributed by atoms with van der Waals surface area (Å²) in [6.07, 6.45) is 0.530. The Morgan fingerprint density at radius 1 is 1.53 bits per heavy atom. The minimum atomic E-state index is -0.460. The van der Waals surface area contributed by atoms with Gasteiger partial charge < -0.3 is 15.4 Å². The number of para-hydroxylation sites is 1.